The summed E-state index contributed by atoms with van der Waals surface area (Å²) >= 11 is 0. The predicted octanol–water partition coefficient (Wildman–Crippen LogP) is 3.44. The van der Waals surface area contributed by atoms with Gasteiger partial charge in [0.15, 0.2) is 0 Å². The van der Waals surface area contributed by atoms with Gasteiger partial charge in [-0.2, -0.15) is 4.31 Å². The molecule has 5 nitrogen and oxygen atoms in total. The lowest BCUT2D eigenvalue weighted by Gasteiger charge is -2.31. The smallest absolute Gasteiger partial charge is 0.243 e. The zero-order valence-electron chi connectivity index (χ0n) is 14.9. The highest BCUT2D eigenvalue weighted by atomic mass is 32.2. The first-order valence-electron chi connectivity index (χ1n) is 8.81. The van der Waals surface area contributed by atoms with Crippen LogP contribution in [0.3, 0.4) is 0 Å². The largest absolute Gasteiger partial charge is 0.491 e. The Morgan fingerprint density at radius 1 is 1.12 bits per heavy atom. The van der Waals surface area contributed by atoms with Crippen molar-refractivity contribution in [3.63, 3.8) is 0 Å². The first-order valence-corrected chi connectivity index (χ1v) is 10.2. The molecule has 24 heavy (non-hydrogen) atoms. The standard InChI is InChI=1S/C18H29NO4S/c1-4-22-13-14-23-17-9-11-18(12-10-17)24(20,21)19(15(2)3)16-7-5-6-8-16/h9-12,15-16H,4-8,13-14H2,1-3H3. The third-order valence-electron chi connectivity index (χ3n) is 4.29. The Morgan fingerprint density at radius 2 is 1.75 bits per heavy atom. The fourth-order valence-corrected chi connectivity index (χ4v) is 5.13. The highest BCUT2D eigenvalue weighted by molar-refractivity contribution is 7.89. The van der Waals surface area contributed by atoms with Crippen LogP contribution in [0.5, 0.6) is 5.75 Å². The van der Waals surface area contributed by atoms with Gasteiger partial charge in [-0.15, -0.1) is 0 Å². The highest BCUT2D eigenvalue weighted by Crippen LogP contribution is 2.31. The topological polar surface area (TPSA) is 55.8 Å². The lowest BCUT2D eigenvalue weighted by atomic mass is 10.2. The Kier molecular flexibility index (Phi) is 7.07. The quantitative estimate of drug-likeness (QED) is 0.637. The van der Waals surface area contributed by atoms with Gasteiger partial charge in [0.1, 0.15) is 12.4 Å². The van der Waals surface area contributed by atoms with Crippen LogP contribution in [0.1, 0.15) is 46.5 Å². The number of rotatable bonds is 9. The van der Waals surface area contributed by atoms with E-state index in [1.807, 2.05) is 20.8 Å². The van der Waals surface area contributed by atoms with E-state index in [0.717, 1.165) is 25.7 Å². The molecule has 1 aromatic rings. The van der Waals surface area contributed by atoms with E-state index in [2.05, 4.69) is 0 Å². The molecular weight excluding hydrogens is 326 g/mol. The summed E-state index contributed by atoms with van der Waals surface area (Å²) in [5, 5.41) is 0. The molecule has 0 N–H and O–H groups in total. The van der Waals surface area contributed by atoms with E-state index in [4.69, 9.17) is 9.47 Å². The van der Waals surface area contributed by atoms with E-state index in [1.54, 1.807) is 28.6 Å². The summed E-state index contributed by atoms with van der Waals surface area (Å²) in [5.41, 5.74) is 0. The molecule has 0 spiro atoms. The maximum atomic E-state index is 13.0. The molecule has 0 heterocycles. The van der Waals surface area contributed by atoms with Crippen molar-refractivity contribution in [3.8, 4) is 5.75 Å². The molecule has 1 aromatic carbocycles. The number of hydrogen-bond acceptors (Lipinski definition) is 4. The Morgan fingerprint density at radius 3 is 2.29 bits per heavy atom. The second-order valence-electron chi connectivity index (χ2n) is 6.38. The summed E-state index contributed by atoms with van der Waals surface area (Å²) in [5.74, 6) is 0.658. The molecule has 0 saturated heterocycles. The van der Waals surface area contributed by atoms with E-state index in [0.29, 0.717) is 30.5 Å². The molecule has 1 aliphatic carbocycles. The number of nitrogens with zero attached hydrogens (tertiary/aromatic N) is 1. The van der Waals surface area contributed by atoms with Gasteiger partial charge in [0.05, 0.1) is 11.5 Å². The molecule has 0 aromatic heterocycles. The maximum absolute atomic E-state index is 13.0. The summed E-state index contributed by atoms with van der Waals surface area (Å²) in [6.45, 7) is 7.47. The van der Waals surface area contributed by atoms with Crippen LogP contribution in [0, 0.1) is 0 Å². The lowest BCUT2D eigenvalue weighted by Crippen LogP contribution is -2.43. The first kappa shape index (κ1) is 19.2. The van der Waals surface area contributed by atoms with Crippen molar-refractivity contribution in [1.29, 1.82) is 0 Å². The van der Waals surface area contributed by atoms with Crippen molar-refractivity contribution in [3.05, 3.63) is 24.3 Å². The molecule has 2 rings (SSSR count). The number of sulfonamides is 1. The minimum absolute atomic E-state index is 0.0415. The van der Waals surface area contributed by atoms with E-state index in [9.17, 15) is 8.42 Å². The van der Waals surface area contributed by atoms with Gasteiger partial charge in [0, 0.05) is 18.7 Å². The molecule has 0 aliphatic heterocycles. The summed E-state index contributed by atoms with van der Waals surface area (Å²) in [6.07, 6.45) is 4.12. The van der Waals surface area contributed by atoms with Crippen LogP contribution in [0.2, 0.25) is 0 Å². The monoisotopic (exact) mass is 355 g/mol. The fourth-order valence-electron chi connectivity index (χ4n) is 3.25. The summed E-state index contributed by atoms with van der Waals surface area (Å²) in [6, 6.07) is 6.78. The van der Waals surface area contributed by atoms with Gasteiger partial charge < -0.3 is 9.47 Å². The van der Waals surface area contributed by atoms with Crippen molar-refractivity contribution in [2.45, 2.75) is 63.4 Å². The van der Waals surface area contributed by atoms with Gasteiger partial charge in [0.2, 0.25) is 10.0 Å². The minimum Gasteiger partial charge on any atom is -0.491 e. The van der Waals surface area contributed by atoms with Crippen molar-refractivity contribution < 1.29 is 17.9 Å². The second-order valence-corrected chi connectivity index (χ2v) is 8.23. The molecule has 0 atom stereocenters. The Bertz CT molecular complexity index is 592. The molecule has 0 bridgehead atoms. The number of ether oxygens (including phenoxy) is 2. The third-order valence-corrected chi connectivity index (χ3v) is 6.44. The normalized spacial score (nSPS) is 16.2. The number of hydrogen-bond donors (Lipinski definition) is 0. The van der Waals surface area contributed by atoms with Crippen LogP contribution >= 0.6 is 0 Å². The second kappa shape index (κ2) is 8.83. The highest BCUT2D eigenvalue weighted by Gasteiger charge is 2.35. The molecule has 0 amide bonds. The molecule has 1 fully saturated rings. The Hall–Kier alpha value is -1.11. The van der Waals surface area contributed by atoms with Gasteiger partial charge >= 0.3 is 0 Å². The molecular formula is C18H29NO4S. The van der Waals surface area contributed by atoms with Crippen molar-refractivity contribution in [2.24, 2.45) is 0 Å². The third kappa shape index (κ3) is 4.71. The Labute approximate surface area is 146 Å². The molecule has 1 aliphatic rings. The van der Waals surface area contributed by atoms with Gasteiger partial charge in [-0.3, -0.25) is 0 Å². The zero-order chi connectivity index (χ0) is 17.6. The van der Waals surface area contributed by atoms with Gasteiger partial charge in [-0.25, -0.2) is 8.42 Å². The van der Waals surface area contributed by atoms with E-state index in [1.165, 1.54) is 0 Å². The van der Waals surface area contributed by atoms with Crippen molar-refractivity contribution in [1.82, 2.24) is 4.31 Å². The van der Waals surface area contributed by atoms with Crippen molar-refractivity contribution >= 4 is 10.0 Å². The van der Waals surface area contributed by atoms with E-state index < -0.39 is 10.0 Å². The van der Waals surface area contributed by atoms with Crippen LogP contribution in [0.15, 0.2) is 29.2 Å². The van der Waals surface area contributed by atoms with Crippen LogP contribution in [-0.2, 0) is 14.8 Å². The average Bonchev–Trinajstić information content (AvgIpc) is 3.05. The van der Waals surface area contributed by atoms with Crippen LogP contribution in [-0.4, -0.2) is 44.6 Å². The summed E-state index contributed by atoms with van der Waals surface area (Å²) < 4.78 is 38.5. The molecule has 1 saturated carbocycles. The fraction of sp³-hybridized carbons (Fsp3) is 0.667. The lowest BCUT2D eigenvalue weighted by molar-refractivity contribution is 0.110. The molecule has 6 heteroatoms. The predicted molar refractivity (Wildman–Crippen MR) is 94.8 cm³/mol. The van der Waals surface area contributed by atoms with E-state index in [-0.39, 0.29) is 12.1 Å². The average molecular weight is 356 g/mol. The summed E-state index contributed by atoms with van der Waals surface area (Å²) in [4.78, 5) is 0.334. The van der Waals surface area contributed by atoms with Crippen molar-refractivity contribution in [2.75, 3.05) is 19.8 Å². The zero-order valence-corrected chi connectivity index (χ0v) is 15.7. The molecule has 0 radical (unpaired) electrons. The van der Waals surface area contributed by atoms with Gasteiger partial charge in [0.25, 0.3) is 0 Å². The number of benzene rings is 1. The molecule has 0 unspecified atom stereocenters. The van der Waals surface area contributed by atoms with Gasteiger partial charge in [-0.05, 0) is 57.9 Å². The summed E-state index contributed by atoms with van der Waals surface area (Å²) in [7, 11) is -3.48. The Balaban J connectivity index is 2.10. The minimum atomic E-state index is -3.48. The first-order chi connectivity index (χ1) is 11.5. The van der Waals surface area contributed by atoms with Crippen LogP contribution in [0.25, 0.3) is 0 Å². The maximum Gasteiger partial charge on any atom is 0.243 e. The van der Waals surface area contributed by atoms with Crippen LogP contribution in [0.4, 0.5) is 0 Å². The van der Waals surface area contributed by atoms with E-state index >= 15 is 0 Å². The van der Waals surface area contributed by atoms with Crippen LogP contribution < -0.4 is 4.74 Å². The SMILES string of the molecule is CCOCCOc1ccc(S(=O)(=O)N(C(C)C)C2CCCC2)cc1. The van der Waals surface area contributed by atoms with Gasteiger partial charge in [-0.1, -0.05) is 12.8 Å². The molecule has 136 valence electrons.